The number of hydrogen-bond acceptors (Lipinski definition) is 6. The predicted octanol–water partition coefficient (Wildman–Crippen LogP) is 2.56. The van der Waals surface area contributed by atoms with Crippen molar-refractivity contribution in [3.63, 3.8) is 0 Å². The summed E-state index contributed by atoms with van der Waals surface area (Å²) < 4.78 is 7.64. The number of anilines is 1. The number of nitrogens with zero attached hydrogens (tertiary/aromatic N) is 4. The molecule has 162 valence electrons. The van der Waals surface area contributed by atoms with Crippen molar-refractivity contribution in [2.45, 2.75) is 52.6 Å². The average Bonchev–Trinajstić information content (AvgIpc) is 3.23. The van der Waals surface area contributed by atoms with E-state index in [2.05, 4.69) is 15.5 Å². The van der Waals surface area contributed by atoms with Crippen LogP contribution in [-0.4, -0.2) is 25.2 Å². The highest BCUT2D eigenvalue weighted by molar-refractivity contribution is 6.31. The SMILES string of the molecule is CCc1nc(-c2c3n(c(=O)n(CC(=O)Nc4ccc(C)c(Cl)c4)c2=O)CCCC3)no1. The summed E-state index contributed by atoms with van der Waals surface area (Å²) in [6, 6.07) is 5.10. The van der Waals surface area contributed by atoms with Crippen LogP contribution in [0.1, 0.15) is 36.9 Å². The van der Waals surface area contributed by atoms with Crippen molar-refractivity contribution in [1.82, 2.24) is 19.3 Å². The van der Waals surface area contributed by atoms with E-state index in [-0.39, 0.29) is 11.4 Å². The molecule has 1 amide bonds. The number of carbonyl (C=O) groups is 1. The van der Waals surface area contributed by atoms with Crippen LogP contribution in [0.4, 0.5) is 5.69 Å². The molecule has 2 aromatic heterocycles. The number of benzene rings is 1. The Balaban J connectivity index is 1.74. The smallest absolute Gasteiger partial charge is 0.331 e. The Labute approximate surface area is 182 Å². The average molecular weight is 444 g/mol. The molecular weight excluding hydrogens is 422 g/mol. The summed E-state index contributed by atoms with van der Waals surface area (Å²) in [6.07, 6.45) is 2.75. The van der Waals surface area contributed by atoms with Crippen LogP contribution in [0.25, 0.3) is 11.4 Å². The summed E-state index contributed by atoms with van der Waals surface area (Å²) in [6.45, 7) is 3.75. The lowest BCUT2D eigenvalue weighted by Crippen LogP contribution is -2.45. The minimum Gasteiger partial charge on any atom is -0.339 e. The molecule has 0 unspecified atom stereocenters. The number of rotatable bonds is 5. The molecule has 0 spiro atoms. The lowest BCUT2D eigenvalue weighted by atomic mass is 10.0. The Morgan fingerprint density at radius 3 is 2.81 bits per heavy atom. The summed E-state index contributed by atoms with van der Waals surface area (Å²) in [7, 11) is 0. The van der Waals surface area contributed by atoms with Crippen LogP contribution in [0.3, 0.4) is 0 Å². The molecule has 10 heteroatoms. The standard InChI is InChI=1S/C21H22ClN5O4/c1-3-17-24-19(25-31-17)18-15-6-4-5-9-26(15)21(30)27(20(18)29)11-16(28)23-13-8-7-12(2)14(22)10-13/h7-8,10H,3-6,9,11H2,1-2H3,(H,23,28). The van der Waals surface area contributed by atoms with E-state index in [0.717, 1.165) is 23.0 Å². The highest BCUT2D eigenvalue weighted by Crippen LogP contribution is 2.22. The van der Waals surface area contributed by atoms with Gasteiger partial charge in [-0.25, -0.2) is 4.79 Å². The van der Waals surface area contributed by atoms with Gasteiger partial charge in [0, 0.05) is 29.4 Å². The van der Waals surface area contributed by atoms with Gasteiger partial charge in [-0.2, -0.15) is 4.98 Å². The van der Waals surface area contributed by atoms with Crippen molar-refractivity contribution in [2.75, 3.05) is 5.32 Å². The fourth-order valence-electron chi connectivity index (χ4n) is 3.67. The maximum atomic E-state index is 13.3. The number of aryl methyl sites for hydroxylation is 2. The zero-order valence-corrected chi connectivity index (χ0v) is 18.0. The Bertz CT molecular complexity index is 1270. The summed E-state index contributed by atoms with van der Waals surface area (Å²) >= 11 is 6.11. The third-order valence-electron chi connectivity index (χ3n) is 5.33. The third-order valence-corrected chi connectivity index (χ3v) is 5.74. The number of hydrogen-bond donors (Lipinski definition) is 1. The van der Waals surface area contributed by atoms with Gasteiger partial charge in [-0.1, -0.05) is 29.7 Å². The lowest BCUT2D eigenvalue weighted by Gasteiger charge is -2.21. The molecule has 31 heavy (non-hydrogen) atoms. The third kappa shape index (κ3) is 4.05. The molecule has 3 heterocycles. The van der Waals surface area contributed by atoms with Crippen LogP contribution in [0.5, 0.6) is 0 Å². The van der Waals surface area contributed by atoms with Crippen molar-refractivity contribution in [1.29, 1.82) is 0 Å². The predicted molar refractivity (Wildman–Crippen MR) is 115 cm³/mol. The van der Waals surface area contributed by atoms with E-state index in [0.29, 0.717) is 41.7 Å². The van der Waals surface area contributed by atoms with Gasteiger partial charge in [0.1, 0.15) is 12.1 Å². The molecule has 0 fully saturated rings. The Kier molecular flexibility index (Phi) is 5.77. The molecule has 0 atom stereocenters. The molecular formula is C21H22ClN5O4. The van der Waals surface area contributed by atoms with Crippen molar-refractivity contribution in [3.05, 3.63) is 61.2 Å². The molecule has 0 saturated heterocycles. The van der Waals surface area contributed by atoms with E-state index in [9.17, 15) is 14.4 Å². The molecule has 0 saturated carbocycles. The van der Waals surface area contributed by atoms with Crippen LogP contribution in [-0.2, 0) is 30.7 Å². The van der Waals surface area contributed by atoms with Crippen LogP contribution in [0, 0.1) is 6.92 Å². The van der Waals surface area contributed by atoms with Crippen LogP contribution < -0.4 is 16.6 Å². The normalized spacial score (nSPS) is 13.1. The number of aromatic nitrogens is 4. The second-order valence-corrected chi connectivity index (χ2v) is 7.89. The summed E-state index contributed by atoms with van der Waals surface area (Å²) in [4.78, 5) is 43.2. The fraction of sp³-hybridized carbons (Fsp3) is 0.381. The number of halogens is 1. The first-order valence-electron chi connectivity index (χ1n) is 10.1. The first kappa shape index (κ1) is 21.0. The van der Waals surface area contributed by atoms with Crippen LogP contribution >= 0.6 is 11.6 Å². The molecule has 0 aliphatic carbocycles. The molecule has 3 aromatic rings. The number of amides is 1. The number of fused-ring (bicyclic) bond motifs is 1. The Morgan fingerprint density at radius 2 is 2.10 bits per heavy atom. The van der Waals surface area contributed by atoms with Crippen LogP contribution in [0.2, 0.25) is 5.02 Å². The van der Waals surface area contributed by atoms with E-state index in [1.54, 1.807) is 18.2 Å². The number of carbonyl (C=O) groups excluding carboxylic acids is 1. The van der Waals surface area contributed by atoms with Crippen LogP contribution in [0.15, 0.2) is 32.3 Å². The largest absolute Gasteiger partial charge is 0.339 e. The van der Waals surface area contributed by atoms with Crippen molar-refractivity contribution >= 4 is 23.2 Å². The van der Waals surface area contributed by atoms with E-state index < -0.39 is 23.7 Å². The number of nitrogens with one attached hydrogen (secondary N) is 1. The van der Waals surface area contributed by atoms with Crippen molar-refractivity contribution in [3.8, 4) is 11.4 Å². The molecule has 9 nitrogen and oxygen atoms in total. The summed E-state index contributed by atoms with van der Waals surface area (Å²) in [5.41, 5.74) is 1.05. The van der Waals surface area contributed by atoms with Gasteiger partial charge in [-0.3, -0.25) is 18.7 Å². The minimum absolute atomic E-state index is 0.145. The highest BCUT2D eigenvalue weighted by Gasteiger charge is 2.26. The first-order valence-corrected chi connectivity index (χ1v) is 10.5. The topological polar surface area (TPSA) is 112 Å². The molecule has 1 aliphatic heterocycles. The second kappa shape index (κ2) is 8.50. The van der Waals surface area contributed by atoms with E-state index in [4.69, 9.17) is 16.1 Å². The zero-order valence-electron chi connectivity index (χ0n) is 17.3. The maximum absolute atomic E-state index is 13.3. The van der Waals surface area contributed by atoms with Gasteiger partial charge < -0.3 is 9.84 Å². The quantitative estimate of drug-likeness (QED) is 0.648. The molecule has 1 N–H and O–H groups in total. The second-order valence-electron chi connectivity index (χ2n) is 7.48. The van der Waals surface area contributed by atoms with Gasteiger partial charge in [0.15, 0.2) is 0 Å². The van der Waals surface area contributed by atoms with Gasteiger partial charge in [-0.15, -0.1) is 0 Å². The zero-order chi connectivity index (χ0) is 22.1. The molecule has 1 aliphatic rings. The Morgan fingerprint density at radius 1 is 1.29 bits per heavy atom. The summed E-state index contributed by atoms with van der Waals surface area (Å²) in [5.74, 6) is 0.0338. The van der Waals surface area contributed by atoms with Gasteiger partial charge in [0.2, 0.25) is 17.6 Å². The van der Waals surface area contributed by atoms with Gasteiger partial charge in [-0.05, 0) is 43.9 Å². The maximum Gasteiger partial charge on any atom is 0.331 e. The Hall–Kier alpha value is -3.20. The van der Waals surface area contributed by atoms with E-state index in [1.165, 1.54) is 4.57 Å². The van der Waals surface area contributed by atoms with E-state index in [1.807, 2.05) is 13.8 Å². The molecule has 0 bridgehead atoms. The van der Waals surface area contributed by atoms with Crippen molar-refractivity contribution < 1.29 is 9.32 Å². The first-order chi connectivity index (χ1) is 14.9. The lowest BCUT2D eigenvalue weighted by molar-refractivity contribution is -0.116. The molecule has 4 rings (SSSR count). The monoisotopic (exact) mass is 443 g/mol. The van der Waals surface area contributed by atoms with Gasteiger partial charge in [0.25, 0.3) is 5.56 Å². The summed E-state index contributed by atoms with van der Waals surface area (Å²) in [5, 5.41) is 7.13. The van der Waals surface area contributed by atoms with Gasteiger partial charge in [0.05, 0.1) is 0 Å². The minimum atomic E-state index is -0.598. The van der Waals surface area contributed by atoms with Gasteiger partial charge >= 0.3 is 5.69 Å². The van der Waals surface area contributed by atoms with E-state index >= 15 is 0 Å². The molecule has 1 aromatic carbocycles. The highest BCUT2D eigenvalue weighted by atomic mass is 35.5. The molecule has 0 radical (unpaired) electrons. The van der Waals surface area contributed by atoms with Crippen molar-refractivity contribution in [2.24, 2.45) is 0 Å². The fourth-order valence-corrected chi connectivity index (χ4v) is 3.85.